The molecular formula is C22H32N4O9. The minimum atomic E-state index is -1.16. The van der Waals surface area contributed by atoms with E-state index in [2.05, 4.69) is 5.32 Å². The van der Waals surface area contributed by atoms with E-state index in [4.69, 9.17) is 9.84 Å². The normalized spacial score (nSPS) is 11.0. The average molecular weight is 497 g/mol. The summed E-state index contributed by atoms with van der Waals surface area (Å²) in [6.07, 6.45) is 0. The smallest absolute Gasteiger partial charge is 0.320 e. The van der Waals surface area contributed by atoms with Crippen LogP contribution in [0.25, 0.3) is 0 Å². The summed E-state index contributed by atoms with van der Waals surface area (Å²) in [7, 11) is 0. The molecule has 194 valence electrons. The predicted molar refractivity (Wildman–Crippen MR) is 124 cm³/mol. The zero-order chi connectivity index (χ0) is 26.2. The second-order valence-electron chi connectivity index (χ2n) is 7.60. The molecule has 0 aromatic heterocycles. The first-order chi connectivity index (χ1) is 16.6. The zero-order valence-corrected chi connectivity index (χ0v) is 19.6. The number of esters is 1. The van der Waals surface area contributed by atoms with Crippen molar-refractivity contribution in [2.24, 2.45) is 0 Å². The Hall–Kier alpha value is -3.55. The average Bonchev–Trinajstić information content (AvgIpc) is 2.75. The molecule has 13 heteroatoms. The first-order valence-electron chi connectivity index (χ1n) is 10.9. The van der Waals surface area contributed by atoms with Crippen LogP contribution in [0.4, 0.5) is 5.69 Å². The first kappa shape index (κ1) is 29.5. The summed E-state index contributed by atoms with van der Waals surface area (Å²) in [6.45, 7) is 0.319. The van der Waals surface area contributed by atoms with Crippen molar-refractivity contribution in [1.29, 1.82) is 0 Å². The number of anilines is 1. The third-order valence-corrected chi connectivity index (χ3v) is 4.62. The molecule has 0 aliphatic carbocycles. The number of hydrogen-bond acceptors (Lipinski definition) is 9. The fraction of sp³-hybridized carbons (Fsp3) is 0.500. The molecule has 0 radical (unpaired) electrons. The molecular weight excluding hydrogens is 464 g/mol. The number of carboxylic acids is 3. The summed E-state index contributed by atoms with van der Waals surface area (Å²) < 4.78 is 4.84. The molecule has 1 amide bonds. The van der Waals surface area contributed by atoms with Crippen LogP contribution < -0.4 is 5.32 Å². The van der Waals surface area contributed by atoms with Gasteiger partial charge in [-0.05, 0) is 19.1 Å². The highest BCUT2D eigenvalue weighted by Crippen LogP contribution is 2.05. The maximum atomic E-state index is 12.3. The van der Waals surface area contributed by atoms with Gasteiger partial charge < -0.3 is 25.4 Å². The molecule has 0 atom stereocenters. The molecule has 0 fully saturated rings. The van der Waals surface area contributed by atoms with Gasteiger partial charge in [-0.15, -0.1) is 0 Å². The van der Waals surface area contributed by atoms with Crippen LogP contribution in [-0.4, -0.2) is 125 Å². The van der Waals surface area contributed by atoms with Gasteiger partial charge in [-0.2, -0.15) is 0 Å². The van der Waals surface area contributed by atoms with Crippen LogP contribution >= 0.6 is 0 Å². The number of ether oxygens (including phenoxy) is 1. The molecule has 0 aliphatic rings. The Balaban J connectivity index is 2.75. The third-order valence-electron chi connectivity index (χ3n) is 4.62. The van der Waals surface area contributed by atoms with Crippen molar-refractivity contribution in [1.82, 2.24) is 14.7 Å². The van der Waals surface area contributed by atoms with Crippen LogP contribution in [0.5, 0.6) is 0 Å². The van der Waals surface area contributed by atoms with Crippen LogP contribution in [0.1, 0.15) is 6.92 Å². The minimum absolute atomic E-state index is 0.0613. The summed E-state index contributed by atoms with van der Waals surface area (Å²) in [5.74, 6) is -4.47. The van der Waals surface area contributed by atoms with E-state index >= 15 is 0 Å². The summed E-state index contributed by atoms with van der Waals surface area (Å²) in [4.78, 5) is 61.9. The topological polar surface area (TPSA) is 177 Å². The van der Waals surface area contributed by atoms with Gasteiger partial charge in [0, 0.05) is 31.9 Å². The number of amides is 1. The summed E-state index contributed by atoms with van der Waals surface area (Å²) in [6, 6.07) is 8.64. The second kappa shape index (κ2) is 16.1. The molecule has 1 aromatic carbocycles. The van der Waals surface area contributed by atoms with Gasteiger partial charge in [0.1, 0.15) is 0 Å². The van der Waals surface area contributed by atoms with Gasteiger partial charge in [0.15, 0.2) is 0 Å². The molecule has 0 bridgehead atoms. The van der Waals surface area contributed by atoms with Gasteiger partial charge in [-0.25, -0.2) is 0 Å². The van der Waals surface area contributed by atoms with E-state index in [-0.39, 0.29) is 45.9 Å². The van der Waals surface area contributed by atoms with E-state index in [1.54, 1.807) is 37.3 Å². The highest BCUT2D eigenvalue weighted by atomic mass is 16.5. The Morgan fingerprint density at radius 1 is 0.714 bits per heavy atom. The quantitative estimate of drug-likeness (QED) is 0.189. The Kier molecular flexibility index (Phi) is 13.6. The molecule has 0 saturated carbocycles. The van der Waals surface area contributed by atoms with Crippen molar-refractivity contribution in [2.45, 2.75) is 6.92 Å². The molecule has 0 aliphatic heterocycles. The van der Waals surface area contributed by atoms with E-state index in [1.807, 2.05) is 0 Å². The van der Waals surface area contributed by atoms with Crippen molar-refractivity contribution in [3.63, 3.8) is 0 Å². The lowest BCUT2D eigenvalue weighted by atomic mass is 10.3. The minimum Gasteiger partial charge on any atom is -0.480 e. The highest BCUT2D eigenvalue weighted by molar-refractivity contribution is 5.92. The van der Waals surface area contributed by atoms with Gasteiger partial charge in [0.2, 0.25) is 5.91 Å². The maximum Gasteiger partial charge on any atom is 0.320 e. The Morgan fingerprint density at radius 3 is 1.66 bits per heavy atom. The van der Waals surface area contributed by atoms with E-state index in [0.29, 0.717) is 5.69 Å². The van der Waals surface area contributed by atoms with Gasteiger partial charge >= 0.3 is 23.9 Å². The number of nitrogens with one attached hydrogen (secondary N) is 1. The van der Waals surface area contributed by atoms with Gasteiger partial charge in [0.05, 0.1) is 39.3 Å². The molecule has 35 heavy (non-hydrogen) atoms. The van der Waals surface area contributed by atoms with Crippen LogP contribution in [0.15, 0.2) is 30.3 Å². The van der Waals surface area contributed by atoms with Crippen LogP contribution in [-0.2, 0) is 28.7 Å². The monoisotopic (exact) mass is 496 g/mol. The highest BCUT2D eigenvalue weighted by Gasteiger charge is 2.20. The van der Waals surface area contributed by atoms with E-state index in [0.717, 1.165) is 0 Å². The van der Waals surface area contributed by atoms with Crippen molar-refractivity contribution >= 4 is 35.5 Å². The molecule has 1 rings (SSSR count). The van der Waals surface area contributed by atoms with Crippen LogP contribution in [0.2, 0.25) is 0 Å². The number of para-hydroxylation sites is 1. The molecule has 13 nitrogen and oxygen atoms in total. The van der Waals surface area contributed by atoms with Crippen molar-refractivity contribution in [3.05, 3.63) is 30.3 Å². The van der Waals surface area contributed by atoms with Crippen LogP contribution in [0, 0.1) is 0 Å². The number of benzene rings is 1. The number of carboxylic acid groups (broad SMARTS) is 3. The number of hydrogen-bond donors (Lipinski definition) is 4. The summed E-state index contributed by atoms with van der Waals surface area (Å²) >= 11 is 0. The fourth-order valence-corrected chi connectivity index (χ4v) is 3.15. The van der Waals surface area contributed by atoms with E-state index < -0.39 is 49.4 Å². The van der Waals surface area contributed by atoms with Gasteiger partial charge in [0.25, 0.3) is 0 Å². The first-order valence-corrected chi connectivity index (χ1v) is 10.9. The summed E-state index contributed by atoms with van der Waals surface area (Å²) in [5.41, 5.74) is 0.556. The predicted octanol–water partition coefficient (Wildman–Crippen LogP) is -0.652. The standard InChI is InChI=1S/C22H32N4O9/c1-2-35-22(34)16-26(15-21(32)33)11-9-24(13-19(28)29)8-10-25(14-20(30)31)12-18(27)23-17-6-4-3-5-7-17/h3-7H,2,8-16H2,1H3,(H,23,27)(H,28,29)(H,30,31)(H,32,33). The fourth-order valence-electron chi connectivity index (χ4n) is 3.15. The largest absolute Gasteiger partial charge is 0.480 e. The lowest BCUT2D eigenvalue weighted by Gasteiger charge is -2.27. The Labute approximate surface area is 202 Å². The Morgan fingerprint density at radius 2 is 1.17 bits per heavy atom. The van der Waals surface area contributed by atoms with Crippen LogP contribution in [0.3, 0.4) is 0 Å². The Bertz CT molecular complexity index is 851. The molecule has 0 saturated heterocycles. The number of rotatable bonds is 18. The van der Waals surface area contributed by atoms with E-state index in [1.165, 1.54) is 14.7 Å². The second-order valence-corrected chi connectivity index (χ2v) is 7.60. The van der Waals surface area contributed by atoms with Crippen molar-refractivity contribution < 1.29 is 44.0 Å². The molecule has 1 aromatic rings. The molecule has 0 spiro atoms. The summed E-state index contributed by atoms with van der Waals surface area (Å²) in [5, 5.41) is 30.2. The number of nitrogens with zero attached hydrogens (tertiary/aromatic N) is 3. The van der Waals surface area contributed by atoms with Gasteiger partial charge in [-0.3, -0.25) is 38.7 Å². The van der Waals surface area contributed by atoms with E-state index in [9.17, 15) is 34.2 Å². The number of carbonyl (C=O) groups excluding carboxylic acids is 2. The number of aliphatic carboxylic acids is 3. The van der Waals surface area contributed by atoms with Gasteiger partial charge in [-0.1, -0.05) is 18.2 Å². The SMILES string of the molecule is CCOC(=O)CN(CCN(CCN(CC(=O)O)CC(=O)Nc1ccccc1)CC(=O)O)CC(=O)O. The van der Waals surface area contributed by atoms with Crippen molar-refractivity contribution in [3.8, 4) is 0 Å². The van der Waals surface area contributed by atoms with Crippen molar-refractivity contribution in [2.75, 3.05) is 70.8 Å². The molecule has 0 unspecified atom stereocenters. The lowest BCUT2D eigenvalue weighted by Crippen LogP contribution is -2.46. The number of carbonyl (C=O) groups is 5. The third kappa shape index (κ3) is 14.3. The zero-order valence-electron chi connectivity index (χ0n) is 19.6. The molecule has 0 heterocycles. The lowest BCUT2D eigenvalue weighted by molar-refractivity contribution is -0.146. The molecule has 4 N–H and O–H groups in total. The maximum absolute atomic E-state index is 12.3.